The molecule has 0 saturated heterocycles. The van der Waals surface area contributed by atoms with Crippen molar-refractivity contribution in [2.75, 3.05) is 6.54 Å². The molecule has 21 heavy (non-hydrogen) atoms. The van der Waals surface area contributed by atoms with Crippen LogP contribution in [0.4, 0.5) is 0 Å². The highest BCUT2D eigenvalue weighted by atomic mass is 35.5. The number of hydrogen-bond donors (Lipinski definition) is 2. The van der Waals surface area contributed by atoms with Crippen LogP contribution < -0.4 is 5.32 Å². The smallest absolute Gasteiger partial charge is 0.251 e. The summed E-state index contributed by atoms with van der Waals surface area (Å²) in [5, 5.41) is 13.7. The summed E-state index contributed by atoms with van der Waals surface area (Å²) >= 11 is 6.09. The number of hydrogen-bond acceptors (Lipinski definition) is 2. The molecular formula is C17H18ClNO2. The standard InChI is InChI=1S/C17H18ClNO2/c1-12-6-5-7-13(10-12)16(20)19-11-17(2,21)14-8-3-4-9-15(14)18/h3-10,21H,11H2,1-2H3,(H,19,20)/t17-/m0/s1. The summed E-state index contributed by atoms with van der Waals surface area (Å²) in [5.41, 5.74) is 0.958. The number of aliphatic hydroxyl groups is 1. The Bertz CT molecular complexity index is 653. The predicted molar refractivity (Wildman–Crippen MR) is 84.5 cm³/mol. The maximum atomic E-state index is 12.1. The molecule has 1 amide bonds. The minimum Gasteiger partial charge on any atom is -0.384 e. The number of halogens is 1. The Morgan fingerprint density at radius 2 is 1.95 bits per heavy atom. The zero-order valence-electron chi connectivity index (χ0n) is 12.1. The summed E-state index contributed by atoms with van der Waals surface area (Å²) < 4.78 is 0. The normalized spacial score (nSPS) is 13.5. The van der Waals surface area contributed by atoms with Crippen molar-refractivity contribution < 1.29 is 9.90 Å². The van der Waals surface area contributed by atoms with Crippen molar-refractivity contribution in [3.63, 3.8) is 0 Å². The van der Waals surface area contributed by atoms with Crippen molar-refractivity contribution >= 4 is 17.5 Å². The van der Waals surface area contributed by atoms with E-state index >= 15 is 0 Å². The van der Waals surface area contributed by atoms with Crippen molar-refractivity contribution in [1.29, 1.82) is 0 Å². The number of aryl methyl sites for hydroxylation is 1. The molecule has 2 rings (SSSR count). The second-order valence-corrected chi connectivity index (χ2v) is 5.71. The van der Waals surface area contributed by atoms with Gasteiger partial charge in [-0.15, -0.1) is 0 Å². The lowest BCUT2D eigenvalue weighted by molar-refractivity contribution is 0.0527. The molecule has 0 aliphatic heterocycles. The van der Waals surface area contributed by atoms with E-state index in [1.165, 1.54) is 0 Å². The largest absolute Gasteiger partial charge is 0.384 e. The summed E-state index contributed by atoms with van der Waals surface area (Å²) in [7, 11) is 0. The maximum Gasteiger partial charge on any atom is 0.251 e. The van der Waals surface area contributed by atoms with Crippen LogP contribution in [0.2, 0.25) is 5.02 Å². The molecule has 1 atom stereocenters. The fraction of sp³-hybridized carbons (Fsp3) is 0.235. The Morgan fingerprint density at radius 3 is 2.62 bits per heavy atom. The third-order valence-corrected chi connectivity index (χ3v) is 3.66. The molecule has 0 unspecified atom stereocenters. The van der Waals surface area contributed by atoms with Crippen molar-refractivity contribution in [3.8, 4) is 0 Å². The first kappa shape index (κ1) is 15.5. The lowest BCUT2D eigenvalue weighted by Crippen LogP contribution is -2.38. The van der Waals surface area contributed by atoms with Crippen LogP contribution in [0.15, 0.2) is 48.5 Å². The first-order valence-corrected chi connectivity index (χ1v) is 7.10. The van der Waals surface area contributed by atoms with Crippen molar-refractivity contribution in [1.82, 2.24) is 5.32 Å². The van der Waals surface area contributed by atoms with Gasteiger partial charge in [0, 0.05) is 16.1 Å². The van der Waals surface area contributed by atoms with Crippen LogP contribution in [0.3, 0.4) is 0 Å². The lowest BCUT2D eigenvalue weighted by atomic mass is 9.96. The van der Waals surface area contributed by atoms with E-state index in [2.05, 4.69) is 5.32 Å². The van der Waals surface area contributed by atoms with Crippen LogP contribution in [0.1, 0.15) is 28.4 Å². The number of nitrogens with one attached hydrogen (secondary N) is 1. The molecule has 0 saturated carbocycles. The Morgan fingerprint density at radius 1 is 1.24 bits per heavy atom. The van der Waals surface area contributed by atoms with Gasteiger partial charge in [-0.25, -0.2) is 0 Å². The number of carbonyl (C=O) groups is 1. The number of rotatable bonds is 4. The minimum atomic E-state index is -1.22. The van der Waals surface area contributed by atoms with E-state index in [0.717, 1.165) is 5.56 Å². The average molecular weight is 304 g/mol. The Labute approximate surface area is 129 Å². The lowest BCUT2D eigenvalue weighted by Gasteiger charge is -2.25. The number of benzene rings is 2. The van der Waals surface area contributed by atoms with Crippen LogP contribution >= 0.6 is 11.6 Å². The van der Waals surface area contributed by atoms with Gasteiger partial charge in [-0.1, -0.05) is 47.5 Å². The number of carbonyl (C=O) groups excluding carboxylic acids is 1. The monoisotopic (exact) mass is 303 g/mol. The summed E-state index contributed by atoms with van der Waals surface area (Å²) in [6, 6.07) is 14.4. The molecule has 0 radical (unpaired) electrons. The fourth-order valence-corrected chi connectivity index (χ4v) is 2.47. The van der Waals surface area contributed by atoms with E-state index in [1.807, 2.05) is 19.1 Å². The van der Waals surface area contributed by atoms with Crippen LogP contribution in [-0.4, -0.2) is 17.6 Å². The highest BCUT2D eigenvalue weighted by Gasteiger charge is 2.26. The SMILES string of the molecule is Cc1cccc(C(=O)NC[C@](C)(O)c2ccccc2Cl)c1. The average Bonchev–Trinajstić information content (AvgIpc) is 2.45. The van der Waals surface area contributed by atoms with E-state index in [4.69, 9.17) is 11.6 Å². The van der Waals surface area contributed by atoms with Crippen LogP contribution in [0, 0.1) is 6.92 Å². The predicted octanol–water partition coefficient (Wildman–Crippen LogP) is 3.29. The summed E-state index contributed by atoms with van der Waals surface area (Å²) in [4.78, 5) is 12.1. The molecule has 2 aromatic rings. The highest BCUT2D eigenvalue weighted by molar-refractivity contribution is 6.31. The molecular weight excluding hydrogens is 286 g/mol. The summed E-state index contributed by atoms with van der Waals surface area (Å²) in [6.07, 6.45) is 0. The third kappa shape index (κ3) is 3.84. The van der Waals surface area contributed by atoms with E-state index in [-0.39, 0.29) is 12.5 Å². The third-order valence-electron chi connectivity index (χ3n) is 3.33. The topological polar surface area (TPSA) is 49.3 Å². The first-order chi connectivity index (χ1) is 9.90. The second-order valence-electron chi connectivity index (χ2n) is 5.31. The zero-order chi connectivity index (χ0) is 15.5. The van der Waals surface area contributed by atoms with Gasteiger partial charge in [-0.05, 0) is 32.0 Å². The molecule has 3 nitrogen and oxygen atoms in total. The Balaban J connectivity index is 2.08. The van der Waals surface area contributed by atoms with Crippen LogP contribution in [0.5, 0.6) is 0 Å². The van der Waals surface area contributed by atoms with Gasteiger partial charge in [0.15, 0.2) is 0 Å². The van der Waals surface area contributed by atoms with Gasteiger partial charge in [0.25, 0.3) is 5.91 Å². The molecule has 2 N–H and O–H groups in total. The Kier molecular flexibility index (Phi) is 4.66. The molecule has 0 aliphatic carbocycles. The van der Waals surface area contributed by atoms with E-state index in [1.54, 1.807) is 43.3 Å². The molecule has 0 bridgehead atoms. The summed E-state index contributed by atoms with van der Waals surface area (Å²) in [6.45, 7) is 3.64. The van der Waals surface area contributed by atoms with Crippen molar-refractivity contribution in [2.24, 2.45) is 0 Å². The molecule has 4 heteroatoms. The van der Waals surface area contributed by atoms with Crippen LogP contribution in [0.25, 0.3) is 0 Å². The molecule has 0 aromatic heterocycles. The zero-order valence-corrected chi connectivity index (χ0v) is 12.8. The van der Waals surface area contributed by atoms with Crippen molar-refractivity contribution in [3.05, 3.63) is 70.2 Å². The highest BCUT2D eigenvalue weighted by Crippen LogP contribution is 2.27. The first-order valence-electron chi connectivity index (χ1n) is 6.72. The van der Waals surface area contributed by atoms with Gasteiger partial charge in [0.05, 0.1) is 6.54 Å². The fourth-order valence-electron chi connectivity index (χ4n) is 2.13. The quantitative estimate of drug-likeness (QED) is 0.910. The number of amides is 1. The van der Waals surface area contributed by atoms with Gasteiger partial charge < -0.3 is 10.4 Å². The van der Waals surface area contributed by atoms with Crippen LogP contribution in [-0.2, 0) is 5.60 Å². The molecule has 0 fully saturated rings. The Hall–Kier alpha value is -1.84. The van der Waals surface area contributed by atoms with Gasteiger partial charge >= 0.3 is 0 Å². The molecule has 0 spiro atoms. The van der Waals surface area contributed by atoms with Gasteiger partial charge in [0.1, 0.15) is 5.60 Å². The second kappa shape index (κ2) is 6.29. The van der Waals surface area contributed by atoms with Crippen molar-refractivity contribution in [2.45, 2.75) is 19.4 Å². The molecule has 110 valence electrons. The van der Waals surface area contributed by atoms with Gasteiger partial charge in [-0.2, -0.15) is 0 Å². The minimum absolute atomic E-state index is 0.0868. The molecule has 0 aliphatic rings. The molecule has 0 heterocycles. The van der Waals surface area contributed by atoms with E-state index in [9.17, 15) is 9.90 Å². The summed E-state index contributed by atoms with van der Waals surface area (Å²) in [5.74, 6) is -0.217. The maximum absolute atomic E-state index is 12.1. The van der Waals surface area contributed by atoms with Gasteiger partial charge in [-0.3, -0.25) is 4.79 Å². The molecule has 2 aromatic carbocycles. The van der Waals surface area contributed by atoms with Gasteiger partial charge in [0.2, 0.25) is 0 Å². The van der Waals surface area contributed by atoms with E-state index in [0.29, 0.717) is 16.1 Å². The van der Waals surface area contributed by atoms with E-state index < -0.39 is 5.60 Å².